The summed E-state index contributed by atoms with van der Waals surface area (Å²) in [6.45, 7) is 0. The van der Waals surface area contributed by atoms with Crippen molar-refractivity contribution in [2.75, 3.05) is 12.4 Å². The second kappa shape index (κ2) is 7.06. The lowest BCUT2D eigenvalue weighted by Crippen LogP contribution is -2.14. The summed E-state index contributed by atoms with van der Waals surface area (Å²) < 4.78 is 10.5. The molecule has 3 aromatic rings. The third-order valence-electron chi connectivity index (χ3n) is 3.14. The second-order valence-electron chi connectivity index (χ2n) is 4.83. The Morgan fingerprint density at radius 3 is 2.78 bits per heavy atom. The highest BCUT2D eigenvalue weighted by atomic mass is 32.1. The average Bonchev–Trinajstić information content (AvgIpc) is 3.21. The van der Waals surface area contributed by atoms with Gasteiger partial charge in [-0.15, -0.1) is 16.4 Å². The Morgan fingerprint density at radius 2 is 2.09 bits per heavy atom. The molecule has 0 saturated heterocycles. The van der Waals surface area contributed by atoms with E-state index in [4.69, 9.17) is 9.15 Å². The van der Waals surface area contributed by atoms with Crippen molar-refractivity contribution in [1.29, 1.82) is 0 Å². The molecular weight excluding hydrogens is 314 g/mol. The number of hydrogen-bond acceptors (Lipinski definition) is 6. The van der Waals surface area contributed by atoms with Crippen molar-refractivity contribution >= 4 is 23.3 Å². The number of carbonyl (C=O) groups is 1. The van der Waals surface area contributed by atoms with E-state index >= 15 is 0 Å². The average molecular weight is 329 g/mol. The summed E-state index contributed by atoms with van der Waals surface area (Å²) in [5.41, 5.74) is 0.877. The van der Waals surface area contributed by atoms with Crippen LogP contribution in [0.5, 0.6) is 5.75 Å². The van der Waals surface area contributed by atoms with Gasteiger partial charge in [-0.3, -0.25) is 10.1 Å². The maximum Gasteiger partial charge on any atom is 0.322 e. The molecule has 1 amide bonds. The van der Waals surface area contributed by atoms with Gasteiger partial charge in [-0.1, -0.05) is 23.3 Å². The van der Waals surface area contributed by atoms with Gasteiger partial charge in [0, 0.05) is 4.88 Å². The van der Waals surface area contributed by atoms with Gasteiger partial charge in [-0.05, 0) is 29.1 Å². The first-order valence-electron chi connectivity index (χ1n) is 7.00. The molecule has 0 saturated carbocycles. The zero-order valence-corrected chi connectivity index (χ0v) is 13.3. The molecule has 0 atom stereocenters. The maximum atomic E-state index is 12.0. The van der Waals surface area contributed by atoms with Crippen LogP contribution >= 0.6 is 11.3 Å². The lowest BCUT2D eigenvalue weighted by molar-refractivity contribution is -0.115. The van der Waals surface area contributed by atoms with Crippen molar-refractivity contribution in [2.45, 2.75) is 12.8 Å². The molecule has 7 heteroatoms. The van der Waals surface area contributed by atoms with Crippen molar-refractivity contribution in [1.82, 2.24) is 10.2 Å². The highest BCUT2D eigenvalue weighted by Crippen LogP contribution is 2.16. The van der Waals surface area contributed by atoms with Crippen LogP contribution in [0.3, 0.4) is 0 Å². The van der Waals surface area contributed by atoms with Crippen LogP contribution in [0.15, 0.2) is 46.2 Å². The predicted octanol–water partition coefficient (Wildman–Crippen LogP) is 2.91. The van der Waals surface area contributed by atoms with Gasteiger partial charge in [0.05, 0.1) is 20.0 Å². The van der Waals surface area contributed by atoms with Gasteiger partial charge in [-0.2, -0.15) is 0 Å². The molecule has 0 radical (unpaired) electrons. The van der Waals surface area contributed by atoms with E-state index in [1.807, 2.05) is 41.8 Å². The fourth-order valence-corrected chi connectivity index (χ4v) is 2.73. The molecule has 1 N–H and O–H groups in total. The van der Waals surface area contributed by atoms with Gasteiger partial charge in [0.15, 0.2) is 0 Å². The molecule has 0 spiro atoms. The maximum absolute atomic E-state index is 12.0. The van der Waals surface area contributed by atoms with E-state index in [9.17, 15) is 4.79 Å². The van der Waals surface area contributed by atoms with E-state index in [1.54, 1.807) is 18.4 Å². The topological polar surface area (TPSA) is 77.2 Å². The highest BCUT2D eigenvalue weighted by Gasteiger charge is 2.11. The van der Waals surface area contributed by atoms with E-state index in [0.29, 0.717) is 12.3 Å². The molecule has 3 rings (SSSR count). The Labute approximate surface area is 137 Å². The van der Waals surface area contributed by atoms with Crippen molar-refractivity contribution in [3.05, 3.63) is 58.1 Å². The number of anilines is 1. The number of benzene rings is 1. The van der Waals surface area contributed by atoms with Gasteiger partial charge < -0.3 is 9.15 Å². The van der Waals surface area contributed by atoms with Crippen molar-refractivity contribution in [2.24, 2.45) is 0 Å². The molecule has 0 unspecified atom stereocenters. The van der Waals surface area contributed by atoms with Crippen LogP contribution in [0.25, 0.3) is 0 Å². The number of hydrogen-bond donors (Lipinski definition) is 1. The summed E-state index contributed by atoms with van der Waals surface area (Å²) in [7, 11) is 1.60. The first-order chi connectivity index (χ1) is 11.2. The first-order valence-corrected chi connectivity index (χ1v) is 7.88. The first kappa shape index (κ1) is 15.2. The Hall–Kier alpha value is -2.67. The van der Waals surface area contributed by atoms with Crippen LogP contribution in [0.1, 0.15) is 16.3 Å². The van der Waals surface area contributed by atoms with Gasteiger partial charge in [0.1, 0.15) is 5.75 Å². The highest BCUT2D eigenvalue weighted by molar-refractivity contribution is 7.09. The number of carbonyl (C=O) groups excluding carboxylic acids is 1. The molecule has 2 heterocycles. The van der Waals surface area contributed by atoms with Crippen LogP contribution in [0.2, 0.25) is 0 Å². The lowest BCUT2D eigenvalue weighted by Gasteiger charge is -2.03. The number of nitrogens with one attached hydrogen (secondary N) is 1. The second-order valence-corrected chi connectivity index (χ2v) is 5.86. The number of ether oxygens (including phenoxy) is 1. The van der Waals surface area contributed by atoms with Crippen LogP contribution in [0.4, 0.5) is 6.01 Å². The number of nitrogens with zero attached hydrogens (tertiary/aromatic N) is 2. The fourth-order valence-electron chi connectivity index (χ4n) is 2.03. The molecule has 0 aliphatic rings. The van der Waals surface area contributed by atoms with Crippen LogP contribution in [-0.4, -0.2) is 23.2 Å². The molecule has 23 heavy (non-hydrogen) atoms. The van der Waals surface area contributed by atoms with E-state index in [0.717, 1.165) is 16.2 Å². The normalized spacial score (nSPS) is 10.5. The standard InChI is InChI=1S/C16H15N3O3S/c1-21-12-6-4-11(5-7-12)9-14(20)17-16-19-18-15(22-16)10-13-3-2-8-23-13/h2-8H,9-10H2,1H3,(H,17,19,20). The summed E-state index contributed by atoms with van der Waals surface area (Å²) in [6, 6.07) is 11.4. The molecule has 6 nitrogen and oxygen atoms in total. The number of thiophene rings is 1. The van der Waals surface area contributed by atoms with Gasteiger partial charge in [-0.25, -0.2) is 0 Å². The minimum atomic E-state index is -0.207. The molecule has 0 aliphatic carbocycles. The molecular formula is C16H15N3O3S. The largest absolute Gasteiger partial charge is 0.497 e. The number of amides is 1. The van der Waals surface area contributed by atoms with Crippen LogP contribution < -0.4 is 10.1 Å². The van der Waals surface area contributed by atoms with Crippen LogP contribution in [0, 0.1) is 0 Å². The van der Waals surface area contributed by atoms with Gasteiger partial charge >= 0.3 is 6.01 Å². The minimum absolute atomic E-state index is 0.120. The summed E-state index contributed by atoms with van der Waals surface area (Å²) >= 11 is 1.62. The van der Waals surface area contributed by atoms with Crippen molar-refractivity contribution < 1.29 is 13.9 Å². The van der Waals surface area contributed by atoms with E-state index in [-0.39, 0.29) is 18.3 Å². The Morgan fingerprint density at radius 1 is 1.26 bits per heavy atom. The van der Waals surface area contributed by atoms with E-state index < -0.39 is 0 Å². The third kappa shape index (κ3) is 4.17. The Bertz CT molecular complexity index is 766. The Kier molecular flexibility index (Phi) is 4.68. The predicted molar refractivity (Wildman–Crippen MR) is 86.8 cm³/mol. The number of rotatable bonds is 6. The zero-order valence-electron chi connectivity index (χ0n) is 12.5. The van der Waals surface area contributed by atoms with Crippen LogP contribution in [-0.2, 0) is 17.6 Å². The van der Waals surface area contributed by atoms with Crippen molar-refractivity contribution in [3.63, 3.8) is 0 Å². The quantitative estimate of drug-likeness (QED) is 0.752. The molecule has 2 aromatic heterocycles. The summed E-state index contributed by atoms with van der Waals surface area (Å²) in [5, 5.41) is 12.4. The third-order valence-corrected chi connectivity index (χ3v) is 4.02. The molecule has 0 bridgehead atoms. The molecule has 0 fully saturated rings. The fraction of sp³-hybridized carbons (Fsp3) is 0.188. The molecule has 0 aliphatic heterocycles. The molecule has 1 aromatic carbocycles. The lowest BCUT2D eigenvalue weighted by atomic mass is 10.1. The Balaban J connectivity index is 1.56. The SMILES string of the molecule is COc1ccc(CC(=O)Nc2nnc(Cc3cccs3)o2)cc1. The smallest absolute Gasteiger partial charge is 0.322 e. The van der Waals surface area contributed by atoms with E-state index in [1.165, 1.54) is 0 Å². The monoisotopic (exact) mass is 329 g/mol. The minimum Gasteiger partial charge on any atom is -0.497 e. The van der Waals surface area contributed by atoms with Crippen molar-refractivity contribution in [3.8, 4) is 5.75 Å². The number of methoxy groups -OCH3 is 1. The number of aromatic nitrogens is 2. The van der Waals surface area contributed by atoms with E-state index in [2.05, 4.69) is 15.5 Å². The summed E-state index contributed by atoms with van der Waals surface area (Å²) in [5.74, 6) is 1.03. The zero-order chi connectivity index (χ0) is 16.1. The molecule has 118 valence electrons. The summed E-state index contributed by atoms with van der Waals surface area (Å²) in [4.78, 5) is 13.1. The van der Waals surface area contributed by atoms with Gasteiger partial charge in [0.25, 0.3) is 0 Å². The van der Waals surface area contributed by atoms with Gasteiger partial charge in [0.2, 0.25) is 11.8 Å². The summed E-state index contributed by atoms with van der Waals surface area (Å²) in [6.07, 6.45) is 0.797.